The lowest BCUT2D eigenvalue weighted by Gasteiger charge is -2.30. The van der Waals surface area contributed by atoms with Gasteiger partial charge in [-0.15, -0.1) is 0 Å². The molecule has 1 saturated carbocycles. The predicted octanol–water partition coefficient (Wildman–Crippen LogP) is 1.59. The molecule has 21 heavy (non-hydrogen) atoms. The van der Waals surface area contributed by atoms with Gasteiger partial charge < -0.3 is 5.32 Å². The van der Waals surface area contributed by atoms with Crippen molar-refractivity contribution in [2.75, 3.05) is 0 Å². The number of carbonyl (C=O) groups excluding carboxylic acids is 3. The topological polar surface area (TPSA) is 78.5 Å². The summed E-state index contributed by atoms with van der Waals surface area (Å²) in [5, 5.41) is 3.57. The minimum Gasteiger partial charge on any atom is -0.322 e. The highest BCUT2D eigenvalue weighted by Gasteiger charge is 2.52. The maximum absolute atomic E-state index is 12.5. The van der Waals surface area contributed by atoms with Crippen LogP contribution in [0, 0.1) is 0 Å². The van der Waals surface area contributed by atoms with E-state index in [-0.39, 0.29) is 5.91 Å². The van der Waals surface area contributed by atoms with Crippen molar-refractivity contribution in [3.8, 4) is 0 Å². The second kappa shape index (κ2) is 5.20. The number of rotatable bonds is 2. The van der Waals surface area contributed by atoms with E-state index in [0.717, 1.165) is 24.3 Å². The zero-order valence-corrected chi connectivity index (χ0v) is 11.6. The summed E-state index contributed by atoms with van der Waals surface area (Å²) >= 11 is 0. The summed E-state index contributed by atoms with van der Waals surface area (Å²) in [6, 6.07) is 7.95. The van der Waals surface area contributed by atoms with Gasteiger partial charge in [0.25, 0.3) is 11.8 Å². The van der Waals surface area contributed by atoms with Gasteiger partial charge in [0.1, 0.15) is 5.54 Å². The molecule has 110 valence electrons. The van der Waals surface area contributed by atoms with Crippen molar-refractivity contribution in [2.24, 2.45) is 0 Å². The molecule has 2 fully saturated rings. The van der Waals surface area contributed by atoms with Crippen molar-refractivity contribution in [3.05, 3.63) is 35.9 Å². The van der Waals surface area contributed by atoms with Crippen LogP contribution >= 0.6 is 0 Å². The molecule has 2 aliphatic rings. The Labute approximate surface area is 122 Å². The van der Waals surface area contributed by atoms with Crippen LogP contribution in [0.3, 0.4) is 0 Å². The Morgan fingerprint density at radius 2 is 1.76 bits per heavy atom. The van der Waals surface area contributed by atoms with Crippen LogP contribution in [-0.4, -0.2) is 28.4 Å². The normalized spacial score (nSPS) is 20.5. The van der Waals surface area contributed by atoms with Crippen molar-refractivity contribution in [3.63, 3.8) is 0 Å². The van der Waals surface area contributed by atoms with Crippen LogP contribution in [-0.2, 0) is 4.79 Å². The van der Waals surface area contributed by atoms with Gasteiger partial charge in [-0.05, 0) is 25.0 Å². The molecule has 0 aromatic heterocycles. The lowest BCUT2D eigenvalue weighted by Crippen LogP contribution is -2.50. The van der Waals surface area contributed by atoms with E-state index in [4.69, 9.17) is 0 Å². The molecule has 1 saturated heterocycles. The number of hydrogen-bond donors (Lipinski definition) is 2. The molecule has 1 aromatic rings. The summed E-state index contributed by atoms with van der Waals surface area (Å²) in [7, 11) is 0. The third-order valence-electron chi connectivity index (χ3n) is 4.12. The molecule has 0 unspecified atom stereocenters. The third kappa shape index (κ3) is 2.37. The molecule has 0 bridgehead atoms. The molecule has 1 aliphatic heterocycles. The number of urea groups is 1. The van der Waals surface area contributed by atoms with Gasteiger partial charge >= 0.3 is 6.03 Å². The maximum Gasteiger partial charge on any atom is 0.344 e. The van der Waals surface area contributed by atoms with Crippen LogP contribution in [0.1, 0.15) is 42.5 Å². The van der Waals surface area contributed by atoms with E-state index in [2.05, 4.69) is 10.7 Å². The van der Waals surface area contributed by atoms with Crippen molar-refractivity contribution in [1.29, 1.82) is 0 Å². The zero-order chi connectivity index (χ0) is 14.9. The molecule has 1 heterocycles. The summed E-state index contributed by atoms with van der Waals surface area (Å²) in [5.74, 6) is -0.816. The Morgan fingerprint density at radius 1 is 1.10 bits per heavy atom. The molecule has 1 aliphatic carbocycles. The van der Waals surface area contributed by atoms with Gasteiger partial charge in [-0.3, -0.25) is 15.0 Å². The zero-order valence-electron chi connectivity index (χ0n) is 11.6. The fourth-order valence-corrected chi connectivity index (χ4v) is 2.97. The number of nitrogens with one attached hydrogen (secondary N) is 2. The van der Waals surface area contributed by atoms with E-state index < -0.39 is 17.5 Å². The van der Waals surface area contributed by atoms with Crippen LogP contribution in [0.2, 0.25) is 0 Å². The highest BCUT2D eigenvalue weighted by atomic mass is 16.2. The lowest BCUT2D eigenvalue weighted by atomic mass is 9.82. The summed E-state index contributed by atoms with van der Waals surface area (Å²) in [4.78, 5) is 36.6. The maximum atomic E-state index is 12.5. The number of nitrogens with zero attached hydrogens (tertiary/aromatic N) is 1. The first-order chi connectivity index (χ1) is 10.1. The second-order valence-electron chi connectivity index (χ2n) is 5.52. The summed E-state index contributed by atoms with van der Waals surface area (Å²) < 4.78 is 0. The van der Waals surface area contributed by atoms with Crippen molar-refractivity contribution < 1.29 is 14.4 Å². The van der Waals surface area contributed by atoms with Gasteiger partial charge in [-0.2, -0.15) is 5.01 Å². The molecule has 1 spiro atoms. The Bertz CT molecular complexity index is 579. The fourth-order valence-electron chi connectivity index (χ4n) is 2.97. The largest absolute Gasteiger partial charge is 0.344 e. The number of imide groups is 1. The molecule has 1 aromatic carbocycles. The average Bonchev–Trinajstić information content (AvgIpc) is 2.73. The Balaban J connectivity index is 1.75. The minimum absolute atomic E-state index is 0.350. The first kappa shape index (κ1) is 13.6. The molecule has 6 heteroatoms. The molecule has 6 nitrogen and oxygen atoms in total. The van der Waals surface area contributed by atoms with E-state index in [1.807, 2.05) is 0 Å². The van der Waals surface area contributed by atoms with Gasteiger partial charge in [0.05, 0.1) is 0 Å². The number of benzene rings is 1. The Morgan fingerprint density at radius 3 is 2.43 bits per heavy atom. The van der Waals surface area contributed by atoms with Crippen LogP contribution in [0.15, 0.2) is 30.3 Å². The van der Waals surface area contributed by atoms with Crippen molar-refractivity contribution in [2.45, 2.75) is 37.6 Å². The minimum atomic E-state index is -0.820. The molecule has 0 radical (unpaired) electrons. The third-order valence-corrected chi connectivity index (χ3v) is 4.12. The Hall–Kier alpha value is -2.37. The number of hydrazine groups is 1. The summed E-state index contributed by atoms with van der Waals surface area (Å²) in [6.45, 7) is 0. The van der Waals surface area contributed by atoms with Gasteiger partial charge in [-0.25, -0.2) is 4.79 Å². The predicted molar refractivity (Wildman–Crippen MR) is 75.1 cm³/mol. The fraction of sp³-hybridized carbons (Fsp3) is 0.400. The number of amides is 4. The molecule has 3 rings (SSSR count). The van der Waals surface area contributed by atoms with Crippen molar-refractivity contribution in [1.82, 2.24) is 15.8 Å². The van der Waals surface area contributed by atoms with E-state index in [0.29, 0.717) is 18.4 Å². The van der Waals surface area contributed by atoms with Crippen molar-refractivity contribution >= 4 is 17.8 Å². The van der Waals surface area contributed by atoms with Crippen LogP contribution in [0.25, 0.3) is 0 Å². The van der Waals surface area contributed by atoms with E-state index in [9.17, 15) is 14.4 Å². The summed E-state index contributed by atoms with van der Waals surface area (Å²) in [5.41, 5.74) is 1.98. The van der Waals surface area contributed by atoms with E-state index >= 15 is 0 Å². The molecular formula is C15H17N3O3. The average molecular weight is 287 g/mol. The number of carbonyl (C=O) groups is 3. The smallest absolute Gasteiger partial charge is 0.322 e. The van der Waals surface area contributed by atoms with Crippen LogP contribution < -0.4 is 10.7 Å². The summed E-state index contributed by atoms with van der Waals surface area (Å²) in [6.07, 6.45) is 4.16. The first-order valence-corrected chi connectivity index (χ1v) is 7.15. The van der Waals surface area contributed by atoms with E-state index in [1.54, 1.807) is 30.3 Å². The van der Waals surface area contributed by atoms with Crippen LogP contribution in [0.4, 0.5) is 4.79 Å². The van der Waals surface area contributed by atoms with E-state index in [1.165, 1.54) is 0 Å². The van der Waals surface area contributed by atoms with Gasteiger partial charge in [0.2, 0.25) is 0 Å². The molecule has 0 atom stereocenters. The quantitative estimate of drug-likeness (QED) is 0.811. The number of hydrogen-bond acceptors (Lipinski definition) is 3. The van der Waals surface area contributed by atoms with Gasteiger partial charge in [0.15, 0.2) is 0 Å². The highest BCUT2D eigenvalue weighted by Crippen LogP contribution is 2.33. The second-order valence-corrected chi connectivity index (χ2v) is 5.52. The van der Waals surface area contributed by atoms with Gasteiger partial charge in [0, 0.05) is 5.56 Å². The first-order valence-electron chi connectivity index (χ1n) is 7.15. The standard InChI is InChI=1S/C15H17N3O3/c19-12(11-7-3-1-4-8-11)17-18-13(20)15(16-14(18)21)9-5-2-6-10-15/h1,3-4,7-8H,2,5-6,9-10H2,(H,16,21)(H,17,19). The Kier molecular flexibility index (Phi) is 3.37. The molecular weight excluding hydrogens is 270 g/mol. The lowest BCUT2D eigenvalue weighted by molar-refractivity contribution is -0.134. The van der Waals surface area contributed by atoms with Gasteiger partial charge in [-0.1, -0.05) is 37.5 Å². The highest BCUT2D eigenvalue weighted by molar-refractivity contribution is 6.09. The monoisotopic (exact) mass is 287 g/mol. The van der Waals surface area contributed by atoms with Crippen LogP contribution in [0.5, 0.6) is 0 Å². The molecule has 4 amide bonds. The molecule has 2 N–H and O–H groups in total. The SMILES string of the molecule is O=C(NN1C(=O)NC2(CCCCC2)C1=O)c1ccccc1.